The fourth-order valence-corrected chi connectivity index (χ4v) is 4.62. The Hall–Kier alpha value is -3.01. The number of benzene rings is 2. The van der Waals surface area contributed by atoms with E-state index in [1.807, 2.05) is 13.8 Å². The lowest BCUT2D eigenvalue weighted by molar-refractivity contribution is -0.124. The number of sulfonamides is 1. The lowest BCUT2D eigenvalue weighted by Crippen LogP contribution is -2.40. The smallest absolute Gasteiger partial charge is 0.387 e. The summed E-state index contributed by atoms with van der Waals surface area (Å²) >= 11 is 0. The van der Waals surface area contributed by atoms with E-state index >= 15 is 0 Å². The highest BCUT2D eigenvalue weighted by atomic mass is 32.2. The first kappa shape index (κ1) is 23.6. The zero-order chi connectivity index (χ0) is 23.5. The zero-order valence-electron chi connectivity index (χ0n) is 17.9. The Morgan fingerprint density at radius 1 is 1.16 bits per heavy atom. The van der Waals surface area contributed by atoms with Gasteiger partial charge in [-0.2, -0.15) is 8.78 Å². The van der Waals surface area contributed by atoms with Gasteiger partial charge in [0.15, 0.2) is 0 Å². The molecule has 172 valence electrons. The summed E-state index contributed by atoms with van der Waals surface area (Å²) in [7, 11) is -3.73. The van der Waals surface area contributed by atoms with E-state index in [0.717, 1.165) is 0 Å². The van der Waals surface area contributed by atoms with E-state index in [4.69, 9.17) is 0 Å². The molecule has 0 radical (unpaired) electrons. The van der Waals surface area contributed by atoms with Gasteiger partial charge in [-0.05, 0) is 42.7 Å². The number of fused-ring (bicyclic) bond motifs is 1. The van der Waals surface area contributed by atoms with Gasteiger partial charge in [-0.25, -0.2) is 8.42 Å². The maximum absolute atomic E-state index is 13.1. The maximum Gasteiger partial charge on any atom is 0.387 e. The maximum atomic E-state index is 13.1. The van der Waals surface area contributed by atoms with Crippen LogP contribution in [0.15, 0.2) is 58.4 Å². The summed E-state index contributed by atoms with van der Waals surface area (Å²) in [6.45, 7) is 2.53. The van der Waals surface area contributed by atoms with Crippen molar-refractivity contribution in [3.8, 4) is 5.75 Å². The summed E-state index contributed by atoms with van der Waals surface area (Å²) < 4.78 is 56.6. The molecule has 0 saturated heterocycles. The predicted molar refractivity (Wildman–Crippen MR) is 116 cm³/mol. The van der Waals surface area contributed by atoms with Crippen LogP contribution in [0.3, 0.4) is 0 Å². The Kier molecular flexibility index (Phi) is 7.12. The Labute approximate surface area is 185 Å². The summed E-state index contributed by atoms with van der Waals surface area (Å²) in [6, 6.07) is 11.2. The number of halogens is 2. The molecular weight excluding hydrogens is 440 g/mol. The van der Waals surface area contributed by atoms with Gasteiger partial charge >= 0.3 is 6.61 Å². The molecule has 1 aliphatic rings. The molecule has 1 aliphatic heterocycles. The molecule has 1 unspecified atom stereocenters. The first-order valence-electron chi connectivity index (χ1n) is 10.2. The first-order chi connectivity index (χ1) is 15.1. The molecule has 7 nitrogen and oxygen atoms in total. The molecule has 0 aliphatic carbocycles. The fourth-order valence-electron chi connectivity index (χ4n) is 3.38. The van der Waals surface area contributed by atoms with E-state index in [-0.39, 0.29) is 22.4 Å². The monoisotopic (exact) mass is 465 g/mol. The van der Waals surface area contributed by atoms with Gasteiger partial charge in [0.1, 0.15) is 17.6 Å². The summed E-state index contributed by atoms with van der Waals surface area (Å²) in [5.74, 6) is -0.459. The van der Waals surface area contributed by atoms with Crippen molar-refractivity contribution in [2.45, 2.75) is 50.8 Å². The highest BCUT2D eigenvalue weighted by molar-refractivity contribution is 7.90. The third kappa shape index (κ3) is 5.24. The molecule has 0 spiro atoms. The van der Waals surface area contributed by atoms with E-state index < -0.39 is 34.6 Å². The van der Waals surface area contributed by atoms with Crippen LogP contribution in [0.4, 0.5) is 8.78 Å². The second-order valence-electron chi connectivity index (χ2n) is 7.59. The molecule has 1 heterocycles. The minimum Gasteiger partial charge on any atom is -0.435 e. The van der Waals surface area contributed by atoms with Crippen molar-refractivity contribution in [3.05, 3.63) is 59.7 Å². The number of rotatable bonds is 8. The quantitative estimate of drug-likeness (QED) is 0.622. The number of ether oxygens (including phenoxy) is 1. The van der Waals surface area contributed by atoms with Crippen molar-refractivity contribution < 1.29 is 26.7 Å². The van der Waals surface area contributed by atoms with Crippen LogP contribution in [0.25, 0.3) is 0 Å². The van der Waals surface area contributed by atoms with Gasteiger partial charge < -0.3 is 10.1 Å². The van der Waals surface area contributed by atoms with E-state index in [1.165, 1.54) is 18.2 Å². The van der Waals surface area contributed by atoms with Crippen LogP contribution in [0.5, 0.6) is 5.75 Å². The van der Waals surface area contributed by atoms with Gasteiger partial charge in [-0.15, -0.1) is 0 Å². The van der Waals surface area contributed by atoms with E-state index in [0.29, 0.717) is 17.5 Å². The van der Waals surface area contributed by atoms with Gasteiger partial charge in [-0.1, -0.05) is 44.5 Å². The SMILES string of the molecule is CC[C@H](C)[C@H](N=C1NS(=O)(=O)c2ccccc21)C(=O)NC(C)c1cccc(OC(F)F)c1. The standard InChI is InChI=1S/C22H25F2N3O4S/c1-4-13(2)19(26-20-17-10-5-6-11-18(17)32(29,30)27-20)21(28)25-14(3)15-8-7-9-16(12-15)31-22(23)24/h5-14,19,22H,4H2,1-3H3,(H,25,28)(H,26,27)/t13-,14?,19-/m0/s1. The number of carbonyl (C=O) groups excluding carboxylic acids is 1. The number of carbonyl (C=O) groups is 1. The largest absolute Gasteiger partial charge is 0.435 e. The molecule has 3 rings (SSSR count). The van der Waals surface area contributed by atoms with Crippen molar-refractivity contribution in [1.82, 2.24) is 10.0 Å². The summed E-state index contributed by atoms with van der Waals surface area (Å²) in [4.78, 5) is 17.7. The van der Waals surface area contributed by atoms with E-state index in [1.54, 1.807) is 37.3 Å². The second-order valence-corrected chi connectivity index (χ2v) is 9.24. The van der Waals surface area contributed by atoms with Crippen LogP contribution in [0, 0.1) is 5.92 Å². The van der Waals surface area contributed by atoms with Gasteiger partial charge in [0.25, 0.3) is 10.0 Å². The number of hydrogen-bond donors (Lipinski definition) is 2. The zero-order valence-corrected chi connectivity index (χ0v) is 18.7. The minimum atomic E-state index is -3.73. The summed E-state index contributed by atoms with van der Waals surface area (Å²) in [5, 5.41) is 2.84. The van der Waals surface area contributed by atoms with Gasteiger partial charge in [0.05, 0.1) is 10.9 Å². The number of nitrogens with one attached hydrogen (secondary N) is 2. The molecule has 3 atom stereocenters. The average molecular weight is 466 g/mol. The van der Waals surface area contributed by atoms with Gasteiger partial charge in [-0.3, -0.25) is 14.5 Å². The topological polar surface area (TPSA) is 96.9 Å². The Morgan fingerprint density at radius 2 is 1.88 bits per heavy atom. The summed E-state index contributed by atoms with van der Waals surface area (Å²) in [5.41, 5.74) is 0.998. The third-order valence-corrected chi connectivity index (χ3v) is 6.72. The molecule has 0 fully saturated rings. The Balaban J connectivity index is 1.85. The molecule has 0 aromatic heterocycles. The van der Waals surface area contributed by atoms with Crippen molar-refractivity contribution in [3.63, 3.8) is 0 Å². The molecule has 2 N–H and O–H groups in total. The van der Waals surface area contributed by atoms with Gasteiger partial charge in [0.2, 0.25) is 5.91 Å². The Morgan fingerprint density at radius 3 is 2.56 bits per heavy atom. The normalized spacial score (nSPS) is 18.5. The van der Waals surface area contributed by atoms with Gasteiger partial charge in [0, 0.05) is 5.56 Å². The molecule has 32 heavy (non-hydrogen) atoms. The average Bonchev–Trinajstić information content (AvgIpc) is 3.01. The van der Waals surface area contributed by atoms with E-state index in [2.05, 4.69) is 19.8 Å². The molecule has 2 aromatic rings. The number of nitrogens with zero attached hydrogens (tertiary/aromatic N) is 1. The second kappa shape index (κ2) is 9.64. The number of aliphatic imine (C=N–C) groups is 1. The predicted octanol–water partition coefficient (Wildman–Crippen LogP) is 3.62. The van der Waals surface area contributed by atoms with Crippen LogP contribution in [-0.2, 0) is 14.8 Å². The van der Waals surface area contributed by atoms with Crippen molar-refractivity contribution in [1.29, 1.82) is 0 Å². The molecule has 10 heteroatoms. The van der Waals surface area contributed by atoms with Crippen molar-refractivity contribution in [2.24, 2.45) is 10.9 Å². The number of amides is 1. The minimum absolute atomic E-state index is 0.00529. The van der Waals surface area contributed by atoms with E-state index in [9.17, 15) is 22.0 Å². The highest BCUT2D eigenvalue weighted by Gasteiger charge is 2.33. The molecule has 0 bridgehead atoms. The van der Waals surface area contributed by atoms with Crippen LogP contribution in [-0.4, -0.2) is 32.8 Å². The third-order valence-electron chi connectivity index (χ3n) is 5.32. The number of alkyl halides is 2. The molecule has 2 aromatic carbocycles. The lowest BCUT2D eigenvalue weighted by atomic mass is 9.98. The molecular formula is C22H25F2N3O4S. The lowest BCUT2D eigenvalue weighted by Gasteiger charge is -2.22. The fraction of sp³-hybridized carbons (Fsp3) is 0.364. The molecule has 0 saturated carbocycles. The van der Waals surface area contributed by atoms with Crippen LogP contribution in [0.1, 0.15) is 44.4 Å². The van der Waals surface area contributed by atoms with Crippen molar-refractivity contribution >= 4 is 21.8 Å². The molecule has 1 amide bonds. The van der Waals surface area contributed by atoms with Crippen LogP contribution < -0.4 is 14.8 Å². The highest BCUT2D eigenvalue weighted by Crippen LogP contribution is 2.25. The van der Waals surface area contributed by atoms with Crippen molar-refractivity contribution in [2.75, 3.05) is 0 Å². The number of amidine groups is 1. The summed E-state index contributed by atoms with van der Waals surface area (Å²) in [6.07, 6.45) is 0.634. The number of hydrogen-bond acceptors (Lipinski definition) is 5. The van der Waals surface area contributed by atoms with Crippen LogP contribution in [0.2, 0.25) is 0 Å². The Bertz CT molecular complexity index is 1120. The first-order valence-corrected chi connectivity index (χ1v) is 11.7. The van der Waals surface area contributed by atoms with Crippen LogP contribution >= 0.6 is 0 Å².